The fourth-order valence-corrected chi connectivity index (χ4v) is 3.00. The SMILES string of the molecule is CC(=N[C@@H](C)c1ccccc1)[C@H]1NO[C@@H]2C(=O)N(C)C(=O)[C@H]12. The highest BCUT2D eigenvalue weighted by atomic mass is 16.7. The van der Waals surface area contributed by atoms with Gasteiger partial charge in [0.15, 0.2) is 6.10 Å². The number of imide groups is 1. The summed E-state index contributed by atoms with van der Waals surface area (Å²) in [5.74, 6) is -1.04. The summed E-state index contributed by atoms with van der Waals surface area (Å²) in [5.41, 5.74) is 4.66. The number of rotatable bonds is 3. The number of hydrogen-bond acceptors (Lipinski definition) is 5. The van der Waals surface area contributed by atoms with Crippen molar-refractivity contribution in [3.05, 3.63) is 35.9 Å². The third-order valence-corrected chi connectivity index (χ3v) is 4.33. The van der Waals surface area contributed by atoms with Crippen molar-refractivity contribution >= 4 is 17.5 Å². The molecule has 1 N–H and O–H groups in total. The Balaban J connectivity index is 1.81. The van der Waals surface area contributed by atoms with Crippen LogP contribution in [0, 0.1) is 5.92 Å². The number of likely N-dealkylation sites (N-methyl/N-ethyl adjacent to an activating group) is 1. The van der Waals surface area contributed by atoms with Crippen molar-refractivity contribution in [3.63, 3.8) is 0 Å². The highest BCUT2D eigenvalue weighted by molar-refractivity contribution is 6.09. The van der Waals surface area contributed by atoms with E-state index in [1.165, 1.54) is 7.05 Å². The largest absolute Gasteiger partial charge is 0.287 e. The molecule has 2 aliphatic rings. The molecule has 3 rings (SSSR count). The van der Waals surface area contributed by atoms with Gasteiger partial charge in [0.2, 0.25) is 5.91 Å². The van der Waals surface area contributed by atoms with E-state index in [0.717, 1.165) is 16.2 Å². The molecule has 2 aliphatic heterocycles. The second kappa shape index (κ2) is 5.62. The molecule has 0 spiro atoms. The maximum atomic E-state index is 12.2. The van der Waals surface area contributed by atoms with Crippen molar-refractivity contribution < 1.29 is 14.4 Å². The van der Waals surface area contributed by atoms with Gasteiger partial charge in [-0.15, -0.1) is 0 Å². The van der Waals surface area contributed by atoms with E-state index in [4.69, 9.17) is 4.84 Å². The number of hydroxylamine groups is 1. The number of amides is 2. The Morgan fingerprint density at radius 3 is 2.64 bits per heavy atom. The minimum Gasteiger partial charge on any atom is -0.287 e. The van der Waals surface area contributed by atoms with Crippen LogP contribution in [-0.2, 0) is 14.4 Å². The van der Waals surface area contributed by atoms with Crippen LogP contribution >= 0.6 is 0 Å². The van der Waals surface area contributed by atoms with Crippen LogP contribution in [0.15, 0.2) is 35.3 Å². The van der Waals surface area contributed by atoms with E-state index in [1.54, 1.807) is 0 Å². The van der Waals surface area contributed by atoms with Crippen LogP contribution < -0.4 is 5.48 Å². The first kappa shape index (κ1) is 14.9. The van der Waals surface area contributed by atoms with E-state index in [1.807, 2.05) is 44.2 Å². The molecule has 2 heterocycles. The van der Waals surface area contributed by atoms with Gasteiger partial charge in [0.05, 0.1) is 18.0 Å². The molecule has 2 saturated heterocycles. The first-order valence-corrected chi connectivity index (χ1v) is 7.32. The predicted octanol–water partition coefficient (Wildman–Crippen LogP) is 1.10. The molecule has 0 bridgehead atoms. The topological polar surface area (TPSA) is 71.0 Å². The number of likely N-dealkylation sites (tertiary alicyclic amines) is 1. The molecule has 22 heavy (non-hydrogen) atoms. The maximum absolute atomic E-state index is 12.2. The van der Waals surface area contributed by atoms with Crippen molar-refractivity contribution in [1.29, 1.82) is 0 Å². The van der Waals surface area contributed by atoms with Crippen molar-refractivity contribution in [3.8, 4) is 0 Å². The van der Waals surface area contributed by atoms with Gasteiger partial charge in [-0.1, -0.05) is 30.3 Å². The molecule has 116 valence electrons. The van der Waals surface area contributed by atoms with Crippen LogP contribution in [0.1, 0.15) is 25.5 Å². The lowest BCUT2D eigenvalue weighted by molar-refractivity contribution is -0.142. The number of hydrogen-bond donors (Lipinski definition) is 1. The zero-order valence-electron chi connectivity index (χ0n) is 12.8. The van der Waals surface area contributed by atoms with Crippen molar-refractivity contribution in [1.82, 2.24) is 10.4 Å². The second-order valence-corrected chi connectivity index (χ2v) is 5.75. The molecule has 1 aromatic rings. The normalized spacial score (nSPS) is 29.9. The fourth-order valence-electron chi connectivity index (χ4n) is 3.00. The molecule has 1 aromatic carbocycles. The van der Waals surface area contributed by atoms with Crippen LogP contribution in [0.3, 0.4) is 0 Å². The standard InChI is InChI=1S/C16H19N3O3/c1-9(11-7-5-4-6-8-11)17-10(2)13-12-14(22-18-13)16(21)19(3)15(12)20/h4-9,12-14,18H,1-3H3/t9-,12+,13+,14-/m0/s1. The van der Waals surface area contributed by atoms with Gasteiger partial charge in [-0.3, -0.25) is 24.3 Å². The highest BCUT2D eigenvalue weighted by Crippen LogP contribution is 2.30. The van der Waals surface area contributed by atoms with Crippen molar-refractivity contribution in [2.24, 2.45) is 10.9 Å². The number of nitrogens with one attached hydrogen (secondary N) is 1. The summed E-state index contributed by atoms with van der Waals surface area (Å²) < 4.78 is 0. The van der Waals surface area contributed by atoms with E-state index in [-0.39, 0.29) is 23.9 Å². The van der Waals surface area contributed by atoms with Gasteiger partial charge in [0, 0.05) is 12.8 Å². The Kier molecular flexibility index (Phi) is 3.80. The highest BCUT2D eigenvalue weighted by Gasteiger charge is 2.55. The quantitative estimate of drug-likeness (QED) is 0.670. The van der Waals surface area contributed by atoms with E-state index < -0.39 is 12.0 Å². The first-order valence-electron chi connectivity index (χ1n) is 7.32. The summed E-state index contributed by atoms with van der Waals surface area (Å²) in [6.45, 7) is 3.86. The van der Waals surface area contributed by atoms with Crippen LogP contribution in [0.5, 0.6) is 0 Å². The Labute approximate surface area is 129 Å². The lowest BCUT2D eigenvalue weighted by Gasteiger charge is -2.17. The lowest BCUT2D eigenvalue weighted by atomic mass is 9.94. The average Bonchev–Trinajstić information content (AvgIpc) is 3.05. The Bertz CT molecular complexity index is 629. The van der Waals surface area contributed by atoms with Crippen LogP contribution in [0.25, 0.3) is 0 Å². The summed E-state index contributed by atoms with van der Waals surface area (Å²) >= 11 is 0. The van der Waals surface area contributed by atoms with Crippen molar-refractivity contribution in [2.45, 2.75) is 32.0 Å². The number of fused-ring (bicyclic) bond motifs is 1. The van der Waals surface area contributed by atoms with E-state index >= 15 is 0 Å². The summed E-state index contributed by atoms with van der Waals surface area (Å²) in [7, 11) is 1.49. The fraction of sp³-hybridized carbons (Fsp3) is 0.438. The van der Waals surface area contributed by atoms with E-state index in [9.17, 15) is 9.59 Å². The summed E-state index contributed by atoms with van der Waals surface area (Å²) in [5, 5.41) is 0. The zero-order valence-corrected chi connectivity index (χ0v) is 12.8. The van der Waals surface area contributed by atoms with Crippen LogP contribution in [-0.4, -0.2) is 41.6 Å². The number of carbonyl (C=O) groups excluding carboxylic acids is 2. The van der Waals surface area contributed by atoms with Crippen LogP contribution in [0.2, 0.25) is 0 Å². The van der Waals surface area contributed by atoms with E-state index in [0.29, 0.717) is 0 Å². The Morgan fingerprint density at radius 2 is 1.95 bits per heavy atom. The molecule has 2 fully saturated rings. The number of nitrogens with zero attached hydrogens (tertiary/aromatic N) is 2. The summed E-state index contributed by atoms with van der Waals surface area (Å²) in [6.07, 6.45) is -0.736. The van der Waals surface area contributed by atoms with Gasteiger partial charge >= 0.3 is 0 Å². The number of benzene rings is 1. The minimum atomic E-state index is -0.736. The molecule has 0 radical (unpaired) electrons. The molecule has 6 nitrogen and oxygen atoms in total. The molecule has 2 amide bonds. The molecule has 0 unspecified atom stereocenters. The second-order valence-electron chi connectivity index (χ2n) is 5.75. The number of carbonyl (C=O) groups is 2. The van der Waals surface area contributed by atoms with E-state index in [2.05, 4.69) is 10.5 Å². The lowest BCUT2D eigenvalue weighted by Crippen LogP contribution is -2.40. The van der Waals surface area contributed by atoms with Gasteiger partial charge in [0.1, 0.15) is 0 Å². The Hall–Kier alpha value is -2.05. The van der Waals surface area contributed by atoms with Gasteiger partial charge in [-0.05, 0) is 19.4 Å². The maximum Gasteiger partial charge on any atom is 0.261 e. The van der Waals surface area contributed by atoms with Crippen molar-refractivity contribution in [2.75, 3.05) is 7.05 Å². The first-order chi connectivity index (χ1) is 10.5. The zero-order chi connectivity index (χ0) is 15.9. The predicted molar refractivity (Wildman–Crippen MR) is 81.0 cm³/mol. The third kappa shape index (κ3) is 2.34. The third-order valence-electron chi connectivity index (χ3n) is 4.33. The van der Waals surface area contributed by atoms with Gasteiger partial charge in [0.25, 0.3) is 5.91 Å². The van der Waals surface area contributed by atoms with Gasteiger partial charge in [-0.2, -0.15) is 5.48 Å². The average molecular weight is 301 g/mol. The summed E-state index contributed by atoms with van der Waals surface area (Å²) in [6, 6.07) is 9.55. The monoisotopic (exact) mass is 301 g/mol. The summed E-state index contributed by atoms with van der Waals surface area (Å²) in [4.78, 5) is 35.2. The van der Waals surface area contributed by atoms with Gasteiger partial charge in [-0.25, -0.2) is 0 Å². The minimum absolute atomic E-state index is 0.0213. The molecular weight excluding hydrogens is 282 g/mol. The molecule has 4 atom stereocenters. The number of aliphatic imine (C=N–C) groups is 1. The Morgan fingerprint density at radius 1 is 1.27 bits per heavy atom. The smallest absolute Gasteiger partial charge is 0.261 e. The van der Waals surface area contributed by atoms with Gasteiger partial charge < -0.3 is 0 Å². The molecule has 6 heteroatoms. The molecule has 0 aliphatic carbocycles. The molecule has 0 saturated carbocycles. The molecule has 0 aromatic heterocycles. The van der Waals surface area contributed by atoms with Crippen LogP contribution in [0.4, 0.5) is 0 Å². The molecular formula is C16H19N3O3.